The topological polar surface area (TPSA) is 38.7 Å². The monoisotopic (exact) mass is 242 g/mol. The molecule has 0 saturated carbocycles. The second-order valence-corrected chi connectivity index (χ2v) is 10.5. The largest absolute Gasteiger partial charge is 0.380 e. The fourth-order valence-corrected chi connectivity index (χ4v) is 2.09. The van der Waals surface area contributed by atoms with Crippen LogP contribution in [-0.4, -0.2) is 37.8 Å². The molecule has 4 heteroatoms. The van der Waals surface area contributed by atoms with Gasteiger partial charge in [-0.25, -0.2) is 0 Å². The molecule has 0 radical (unpaired) electrons. The van der Waals surface area contributed by atoms with Gasteiger partial charge in [0.05, 0.1) is 12.7 Å². The van der Waals surface area contributed by atoms with E-state index in [4.69, 9.17) is 9.47 Å². The van der Waals surface area contributed by atoms with Crippen LogP contribution in [0.25, 0.3) is 0 Å². The van der Waals surface area contributed by atoms with E-state index in [1.165, 1.54) is 0 Å². The molecule has 1 heterocycles. The predicted octanol–water partition coefficient (Wildman–Crippen LogP) is 1.77. The number of hydrogen-bond acceptors (Lipinski definition) is 3. The van der Waals surface area contributed by atoms with Crippen LogP contribution in [0.3, 0.4) is 0 Å². The van der Waals surface area contributed by atoms with Crippen LogP contribution in [0.2, 0.25) is 19.6 Å². The molecule has 3 nitrogen and oxygen atoms in total. The highest BCUT2D eigenvalue weighted by atomic mass is 28.3. The minimum absolute atomic E-state index is 0.0408. The van der Waals surface area contributed by atoms with Gasteiger partial charge in [-0.3, -0.25) is 0 Å². The number of aliphatic hydroxyl groups is 1. The first-order chi connectivity index (χ1) is 7.18. The average molecular weight is 242 g/mol. The smallest absolute Gasteiger partial charge is 0.163 e. The van der Waals surface area contributed by atoms with Crippen LogP contribution in [0, 0.1) is 11.5 Å². The molecule has 0 aromatic rings. The highest BCUT2D eigenvalue weighted by Gasteiger charge is 2.33. The maximum atomic E-state index is 9.76. The van der Waals surface area contributed by atoms with Crippen molar-refractivity contribution < 1.29 is 14.6 Å². The summed E-state index contributed by atoms with van der Waals surface area (Å²) in [6.45, 7) is 10.8. The van der Waals surface area contributed by atoms with Gasteiger partial charge in [0.25, 0.3) is 0 Å². The molecule has 0 spiro atoms. The Hall–Kier alpha value is -0.343. The van der Waals surface area contributed by atoms with Crippen molar-refractivity contribution in [3.63, 3.8) is 0 Å². The summed E-state index contributed by atoms with van der Waals surface area (Å²) in [6, 6.07) is 0. The van der Waals surface area contributed by atoms with E-state index >= 15 is 0 Å². The van der Waals surface area contributed by atoms with E-state index in [0.29, 0.717) is 13.0 Å². The lowest BCUT2D eigenvalue weighted by Crippen LogP contribution is -2.24. The third kappa shape index (κ3) is 5.13. The molecule has 0 aromatic heterocycles. The average Bonchev–Trinajstić information content (AvgIpc) is 2.41. The fourth-order valence-electron chi connectivity index (χ4n) is 1.49. The summed E-state index contributed by atoms with van der Waals surface area (Å²) in [5.74, 6) is 2.39. The molecule has 0 aromatic carbocycles. The fraction of sp³-hybridized carbons (Fsp3) is 0.833. The molecule has 0 amide bonds. The number of aliphatic hydroxyl groups excluding tert-OH is 1. The molecule has 0 aliphatic carbocycles. The normalized spacial score (nSPS) is 26.0. The molecule has 2 atom stereocenters. The quantitative estimate of drug-likeness (QED) is 0.592. The summed E-state index contributed by atoms with van der Waals surface area (Å²) in [4.78, 5) is 0. The molecule has 1 rings (SSSR count). The van der Waals surface area contributed by atoms with Crippen LogP contribution in [0.15, 0.2) is 0 Å². The van der Waals surface area contributed by atoms with Crippen molar-refractivity contribution in [2.75, 3.05) is 6.61 Å². The summed E-state index contributed by atoms with van der Waals surface area (Å²) >= 11 is 0. The Morgan fingerprint density at radius 2 is 2.06 bits per heavy atom. The zero-order valence-electron chi connectivity index (χ0n) is 10.8. The molecular formula is C12H22O3Si. The van der Waals surface area contributed by atoms with E-state index in [1.807, 2.05) is 13.8 Å². The Labute approximate surface area is 99.1 Å². The van der Waals surface area contributed by atoms with Crippen molar-refractivity contribution in [2.24, 2.45) is 0 Å². The van der Waals surface area contributed by atoms with Crippen molar-refractivity contribution in [1.29, 1.82) is 0 Å². The van der Waals surface area contributed by atoms with Crippen molar-refractivity contribution in [3.05, 3.63) is 0 Å². The minimum Gasteiger partial charge on any atom is -0.380 e. The van der Waals surface area contributed by atoms with Gasteiger partial charge in [-0.15, -0.1) is 5.54 Å². The van der Waals surface area contributed by atoms with Crippen LogP contribution in [0.5, 0.6) is 0 Å². The molecule has 0 bridgehead atoms. The van der Waals surface area contributed by atoms with E-state index in [-0.39, 0.29) is 6.10 Å². The highest BCUT2D eigenvalue weighted by molar-refractivity contribution is 6.83. The Bertz CT molecular complexity index is 296. The summed E-state index contributed by atoms with van der Waals surface area (Å²) in [7, 11) is -1.40. The van der Waals surface area contributed by atoms with E-state index in [0.717, 1.165) is 0 Å². The molecule has 1 aliphatic heterocycles. The lowest BCUT2D eigenvalue weighted by Gasteiger charge is -2.17. The molecular weight excluding hydrogens is 220 g/mol. The van der Waals surface area contributed by atoms with Crippen molar-refractivity contribution >= 4 is 8.07 Å². The van der Waals surface area contributed by atoms with Crippen LogP contribution in [0.4, 0.5) is 0 Å². The van der Waals surface area contributed by atoms with Crippen molar-refractivity contribution in [3.8, 4) is 11.5 Å². The summed E-state index contributed by atoms with van der Waals surface area (Å²) in [5, 5.41) is 9.76. The van der Waals surface area contributed by atoms with Gasteiger partial charge in [-0.05, 0) is 13.8 Å². The number of ether oxygens (including phenoxy) is 2. The van der Waals surface area contributed by atoms with Crippen LogP contribution in [-0.2, 0) is 9.47 Å². The Morgan fingerprint density at radius 3 is 2.50 bits per heavy atom. The summed E-state index contributed by atoms with van der Waals surface area (Å²) in [6.07, 6.45) is -0.115. The van der Waals surface area contributed by atoms with E-state index in [9.17, 15) is 5.11 Å². The summed E-state index contributed by atoms with van der Waals surface area (Å²) in [5.41, 5.74) is 3.16. The van der Waals surface area contributed by atoms with Gasteiger partial charge in [0.15, 0.2) is 5.79 Å². The van der Waals surface area contributed by atoms with Gasteiger partial charge < -0.3 is 14.6 Å². The highest BCUT2D eigenvalue weighted by Crippen LogP contribution is 2.24. The van der Waals surface area contributed by atoms with E-state index in [1.54, 1.807) is 0 Å². The van der Waals surface area contributed by atoms with Gasteiger partial charge in [-0.2, -0.15) is 0 Å². The van der Waals surface area contributed by atoms with Gasteiger partial charge in [0.2, 0.25) is 0 Å². The standard InChI is InChI=1S/C12H22O3Si/c1-12(2)14-9-11(15-12)8-10(13)6-7-16(3,4)5/h10-11,13H,8-9H2,1-5H3/t10?,11-/m0/s1. The second-order valence-electron chi connectivity index (χ2n) is 5.72. The third-order valence-corrected chi connectivity index (χ3v) is 3.06. The SMILES string of the molecule is CC1(C)OC[C@H](CC(O)C#C[Si](C)(C)C)O1. The predicted molar refractivity (Wildman–Crippen MR) is 66.6 cm³/mol. The van der Waals surface area contributed by atoms with Crippen molar-refractivity contribution in [2.45, 2.75) is 57.9 Å². The zero-order valence-corrected chi connectivity index (χ0v) is 11.8. The summed E-state index contributed by atoms with van der Waals surface area (Å²) < 4.78 is 11.0. The van der Waals surface area contributed by atoms with E-state index < -0.39 is 20.0 Å². The minimum atomic E-state index is -1.40. The molecule has 1 N–H and O–H groups in total. The molecule has 1 fully saturated rings. The van der Waals surface area contributed by atoms with E-state index in [2.05, 4.69) is 31.1 Å². The lowest BCUT2D eigenvalue weighted by atomic mass is 10.2. The van der Waals surface area contributed by atoms with Crippen molar-refractivity contribution in [1.82, 2.24) is 0 Å². The van der Waals surface area contributed by atoms with Gasteiger partial charge in [-0.1, -0.05) is 25.6 Å². The molecule has 16 heavy (non-hydrogen) atoms. The van der Waals surface area contributed by atoms with Crippen LogP contribution in [0.1, 0.15) is 20.3 Å². The van der Waals surface area contributed by atoms with Gasteiger partial charge in [0, 0.05) is 6.42 Å². The Kier molecular flexibility index (Phi) is 4.19. The Balaban J connectivity index is 2.41. The number of hydrogen-bond donors (Lipinski definition) is 1. The molecule has 1 unspecified atom stereocenters. The van der Waals surface area contributed by atoms with Gasteiger partial charge >= 0.3 is 0 Å². The number of rotatable bonds is 2. The first kappa shape index (κ1) is 13.7. The second kappa shape index (κ2) is 4.88. The van der Waals surface area contributed by atoms with Crippen LogP contribution >= 0.6 is 0 Å². The Morgan fingerprint density at radius 1 is 1.44 bits per heavy atom. The first-order valence-corrected chi connectivity index (χ1v) is 9.20. The lowest BCUT2D eigenvalue weighted by molar-refractivity contribution is -0.140. The molecule has 1 aliphatic rings. The molecule has 92 valence electrons. The third-order valence-electron chi connectivity index (χ3n) is 2.17. The van der Waals surface area contributed by atoms with Crippen LogP contribution < -0.4 is 0 Å². The molecule has 1 saturated heterocycles. The maximum absolute atomic E-state index is 9.76. The van der Waals surface area contributed by atoms with Gasteiger partial charge in [0.1, 0.15) is 14.2 Å². The first-order valence-electron chi connectivity index (χ1n) is 5.70. The zero-order chi connectivity index (χ0) is 12.4. The maximum Gasteiger partial charge on any atom is 0.163 e.